The zero-order chi connectivity index (χ0) is 16.8. The number of hydrogen-bond acceptors (Lipinski definition) is 4. The third kappa shape index (κ3) is 4.37. The van der Waals surface area contributed by atoms with Crippen molar-refractivity contribution in [2.45, 2.75) is 53.0 Å². The highest BCUT2D eigenvalue weighted by Crippen LogP contribution is 2.20. The zero-order valence-corrected chi connectivity index (χ0v) is 14.0. The van der Waals surface area contributed by atoms with Crippen molar-refractivity contribution in [2.75, 3.05) is 0 Å². The van der Waals surface area contributed by atoms with Crippen LogP contribution in [0.25, 0.3) is 11.4 Å². The maximum atomic E-state index is 11.1. The fraction of sp³-hybridized carbons (Fsp3) is 0.529. The minimum atomic E-state index is -0.987. The Morgan fingerprint density at radius 3 is 2.78 bits per heavy atom. The third-order valence-corrected chi connectivity index (χ3v) is 3.91. The molecule has 0 bridgehead atoms. The molecule has 2 rings (SSSR count). The molecule has 2 heterocycles. The van der Waals surface area contributed by atoms with Gasteiger partial charge < -0.3 is 5.11 Å². The van der Waals surface area contributed by atoms with Gasteiger partial charge in [0.15, 0.2) is 11.6 Å². The van der Waals surface area contributed by atoms with Crippen molar-refractivity contribution in [3.8, 4) is 11.4 Å². The van der Waals surface area contributed by atoms with Gasteiger partial charge in [0.05, 0.1) is 5.56 Å². The lowest BCUT2D eigenvalue weighted by Crippen LogP contribution is -2.05. The van der Waals surface area contributed by atoms with Gasteiger partial charge in [0, 0.05) is 30.9 Å². The van der Waals surface area contributed by atoms with Gasteiger partial charge in [0.2, 0.25) is 0 Å². The van der Waals surface area contributed by atoms with E-state index in [2.05, 4.69) is 35.8 Å². The molecule has 1 unspecified atom stereocenters. The minimum absolute atomic E-state index is 0.163. The Labute approximate surface area is 136 Å². The molecule has 2 aromatic rings. The van der Waals surface area contributed by atoms with E-state index in [0.29, 0.717) is 17.3 Å². The Morgan fingerprint density at radius 1 is 1.35 bits per heavy atom. The van der Waals surface area contributed by atoms with Gasteiger partial charge in [-0.1, -0.05) is 33.6 Å². The number of carboxylic acids is 1. The summed E-state index contributed by atoms with van der Waals surface area (Å²) in [7, 11) is 0. The van der Waals surface area contributed by atoms with E-state index in [1.807, 2.05) is 4.68 Å². The van der Waals surface area contributed by atoms with E-state index in [1.54, 1.807) is 12.3 Å². The van der Waals surface area contributed by atoms with E-state index in [1.165, 1.54) is 6.20 Å². The first kappa shape index (κ1) is 17.1. The van der Waals surface area contributed by atoms with E-state index in [9.17, 15) is 4.79 Å². The summed E-state index contributed by atoms with van der Waals surface area (Å²) in [6.07, 6.45) is 6.97. The number of hydrogen-bond donors (Lipinski definition) is 1. The number of nitrogens with zero attached hydrogens (tertiary/aromatic N) is 4. The van der Waals surface area contributed by atoms with Crippen molar-refractivity contribution in [1.82, 2.24) is 19.7 Å². The van der Waals surface area contributed by atoms with Gasteiger partial charge in [0.1, 0.15) is 0 Å². The van der Waals surface area contributed by atoms with Crippen LogP contribution in [0.5, 0.6) is 0 Å². The predicted molar refractivity (Wildman–Crippen MR) is 88.3 cm³/mol. The van der Waals surface area contributed by atoms with Crippen LogP contribution in [0.3, 0.4) is 0 Å². The summed E-state index contributed by atoms with van der Waals surface area (Å²) < 4.78 is 1.88. The second-order valence-corrected chi connectivity index (χ2v) is 5.91. The van der Waals surface area contributed by atoms with Crippen molar-refractivity contribution < 1.29 is 9.90 Å². The van der Waals surface area contributed by atoms with Crippen molar-refractivity contribution in [3.05, 3.63) is 29.8 Å². The first-order valence-corrected chi connectivity index (χ1v) is 8.17. The molecule has 2 aromatic heterocycles. The van der Waals surface area contributed by atoms with Gasteiger partial charge >= 0.3 is 5.97 Å². The molecule has 0 fully saturated rings. The molecule has 1 atom stereocenters. The highest BCUT2D eigenvalue weighted by atomic mass is 16.4. The first-order chi connectivity index (χ1) is 11.0. The van der Waals surface area contributed by atoms with Crippen LogP contribution >= 0.6 is 0 Å². The molecule has 0 aromatic carbocycles. The summed E-state index contributed by atoms with van der Waals surface area (Å²) in [5, 5.41) is 13.8. The molecule has 0 aliphatic carbocycles. The molecule has 23 heavy (non-hydrogen) atoms. The van der Waals surface area contributed by atoms with E-state index in [-0.39, 0.29) is 5.56 Å². The molecular weight excluding hydrogens is 292 g/mol. The van der Waals surface area contributed by atoms with E-state index < -0.39 is 5.97 Å². The van der Waals surface area contributed by atoms with Gasteiger partial charge in [-0.05, 0) is 18.4 Å². The molecular formula is C17H24N4O2. The van der Waals surface area contributed by atoms with Crippen molar-refractivity contribution in [2.24, 2.45) is 5.92 Å². The number of carbonyl (C=O) groups is 1. The molecule has 0 radical (unpaired) electrons. The number of unbranched alkanes of at least 4 members (excludes halogenated alkanes) is 1. The molecule has 124 valence electrons. The number of aromatic carboxylic acids is 1. The Hall–Kier alpha value is -2.24. The number of rotatable bonds is 8. The second-order valence-electron chi connectivity index (χ2n) is 5.91. The topological polar surface area (TPSA) is 80.9 Å². The molecule has 0 aliphatic rings. The largest absolute Gasteiger partial charge is 0.478 e. The van der Waals surface area contributed by atoms with Crippen LogP contribution in [-0.4, -0.2) is 30.8 Å². The van der Waals surface area contributed by atoms with E-state index >= 15 is 0 Å². The summed E-state index contributed by atoms with van der Waals surface area (Å²) in [5.74, 6) is 1.05. The molecule has 0 amide bonds. The van der Waals surface area contributed by atoms with Gasteiger partial charge in [-0.3, -0.25) is 4.98 Å². The summed E-state index contributed by atoms with van der Waals surface area (Å²) in [4.78, 5) is 19.8. The first-order valence-electron chi connectivity index (χ1n) is 8.17. The van der Waals surface area contributed by atoms with Gasteiger partial charge in [0.25, 0.3) is 0 Å². The highest BCUT2D eigenvalue weighted by molar-refractivity contribution is 5.88. The van der Waals surface area contributed by atoms with Crippen molar-refractivity contribution in [1.29, 1.82) is 0 Å². The molecule has 0 spiro atoms. The Bertz CT molecular complexity index is 666. The highest BCUT2D eigenvalue weighted by Gasteiger charge is 2.15. The van der Waals surface area contributed by atoms with E-state index in [0.717, 1.165) is 38.1 Å². The average molecular weight is 316 g/mol. The fourth-order valence-corrected chi connectivity index (χ4v) is 2.29. The van der Waals surface area contributed by atoms with Gasteiger partial charge in [-0.15, -0.1) is 0 Å². The molecule has 0 aliphatic heterocycles. The van der Waals surface area contributed by atoms with Crippen LogP contribution in [0.15, 0.2) is 18.5 Å². The average Bonchev–Trinajstić information content (AvgIpc) is 2.95. The molecule has 6 heteroatoms. The lowest BCUT2D eigenvalue weighted by Gasteiger charge is -2.05. The normalized spacial score (nSPS) is 12.3. The van der Waals surface area contributed by atoms with Crippen LogP contribution in [0.2, 0.25) is 0 Å². The number of carboxylic acid groups (broad SMARTS) is 1. The molecule has 0 saturated heterocycles. The van der Waals surface area contributed by atoms with E-state index in [4.69, 9.17) is 5.11 Å². The maximum absolute atomic E-state index is 11.1. The summed E-state index contributed by atoms with van der Waals surface area (Å²) in [6.45, 7) is 7.23. The third-order valence-electron chi connectivity index (χ3n) is 3.91. The molecule has 0 saturated carbocycles. The Morgan fingerprint density at radius 2 is 2.13 bits per heavy atom. The van der Waals surface area contributed by atoms with Crippen LogP contribution in [0, 0.1) is 5.92 Å². The number of aryl methyl sites for hydroxylation is 1. The SMILES string of the molecule is CCCCn1nc(CC(C)CC)nc1-c1cncc(C(=O)O)c1. The fourth-order valence-electron chi connectivity index (χ4n) is 2.29. The second kappa shape index (κ2) is 7.85. The van der Waals surface area contributed by atoms with Gasteiger partial charge in [-0.2, -0.15) is 5.10 Å². The monoisotopic (exact) mass is 316 g/mol. The number of aromatic nitrogens is 4. The summed E-state index contributed by atoms with van der Waals surface area (Å²) in [5.41, 5.74) is 0.861. The Balaban J connectivity index is 2.38. The minimum Gasteiger partial charge on any atom is -0.478 e. The standard InChI is InChI=1S/C17H24N4O2/c1-4-6-7-21-16(19-15(20-21)8-12(3)5-2)13-9-14(17(22)23)11-18-10-13/h9-12H,4-8H2,1-3H3,(H,22,23). The van der Waals surface area contributed by atoms with Gasteiger partial charge in [-0.25, -0.2) is 14.5 Å². The summed E-state index contributed by atoms with van der Waals surface area (Å²) >= 11 is 0. The quantitative estimate of drug-likeness (QED) is 0.807. The molecule has 1 N–H and O–H groups in total. The number of pyridine rings is 1. The van der Waals surface area contributed by atoms with Crippen LogP contribution < -0.4 is 0 Å². The lowest BCUT2D eigenvalue weighted by molar-refractivity contribution is 0.0696. The Kier molecular flexibility index (Phi) is 5.84. The van der Waals surface area contributed by atoms with Crippen LogP contribution in [-0.2, 0) is 13.0 Å². The zero-order valence-electron chi connectivity index (χ0n) is 14.0. The van der Waals surface area contributed by atoms with Crippen molar-refractivity contribution in [3.63, 3.8) is 0 Å². The maximum Gasteiger partial charge on any atom is 0.337 e. The predicted octanol–water partition coefficient (Wildman–Crippen LogP) is 3.43. The summed E-state index contributed by atoms with van der Waals surface area (Å²) in [6, 6.07) is 1.61. The van der Waals surface area contributed by atoms with Crippen LogP contribution in [0.1, 0.15) is 56.2 Å². The van der Waals surface area contributed by atoms with Crippen LogP contribution in [0.4, 0.5) is 0 Å². The lowest BCUT2D eigenvalue weighted by atomic mass is 10.1. The smallest absolute Gasteiger partial charge is 0.337 e. The molecule has 6 nitrogen and oxygen atoms in total. The van der Waals surface area contributed by atoms with Crippen molar-refractivity contribution >= 4 is 5.97 Å².